The predicted molar refractivity (Wildman–Crippen MR) is 248 cm³/mol. The number of fused-ring (bicyclic) bond motifs is 2. The second kappa shape index (κ2) is 29.2. The summed E-state index contributed by atoms with van der Waals surface area (Å²) in [5.74, 6) is -7.08. The van der Waals surface area contributed by atoms with Crippen molar-refractivity contribution in [1.29, 1.82) is 0 Å². The van der Waals surface area contributed by atoms with Gasteiger partial charge in [0.15, 0.2) is 12.1 Å². The molecule has 2 bridgehead atoms. The highest BCUT2D eigenvalue weighted by Gasteiger charge is 2.51. The molecule has 2 fully saturated rings. The first-order valence-corrected chi connectivity index (χ1v) is 23.6. The van der Waals surface area contributed by atoms with Crippen molar-refractivity contribution in [2.45, 2.75) is 183 Å². The van der Waals surface area contributed by atoms with E-state index in [1.165, 1.54) is 19.1 Å². The van der Waals surface area contributed by atoms with E-state index in [2.05, 4.69) is 0 Å². The van der Waals surface area contributed by atoms with Gasteiger partial charge in [-0.2, -0.15) is 13.2 Å². The largest absolute Gasteiger partial charge is 0.462 e. The molecular weight excluding hydrogens is 930 g/mol. The lowest BCUT2D eigenvalue weighted by molar-refractivity contribution is -0.307. The summed E-state index contributed by atoms with van der Waals surface area (Å²) >= 11 is 0. The maximum absolute atomic E-state index is 13.3. The van der Waals surface area contributed by atoms with Gasteiger partial charge in [-0.1, -0.05) is 98.9 Å². The maximum atomic E-state index is 13.3. The lowest BCUT2D eigenvalue weighted by Crippen LogP contribution is -2.62. The summed E-state index contributed by atoms with van der Waals surface area (Å²) in [4.78, 5) is 26.0. The molecule has 0 aromatic heterocycles. The van der Waals surface area contributed by atoms with Gasteiger partial charge in [0.25, 0.3) is 0 Å². The third-order valence-electron chi connectivity index (χ3n) is 12.5. The molecule has 70 heavy (non-hydrogen) atoms. The summed E-state index contributed by atoms with van der Waals surface area (Å²) in [6.45, 7) is 4.86. The minimum absolute atomic E-state index is 0.161. The topological polar surface area (TPSA) is 311 Å². The quantitative estimate of drug-likeness (QED) is 0.177. The van der Waals surface area contributed by atoms with Gasteiger partial charge in [0.05, 0.1) is 85.5 Å². The van der Waals surface area contributed by atoms with E-state index in [1.807, 2.05) is 6.92 Å². The van der Waals surface area contributed by atoms with Crippen LogP contribution in [0, 0.1) is 17.8 Å². The van der Waals surface area contributed by atoms with Crippen LogP contribution in [-0.2, 0) is 28.5 Å². The van der Waals surface area contributed by atoms with E-state index in [9.17, 15) is 73.8 Å². The molecule has 0 aliphatic carbocycles. The SMILES string of the molecule is C[C@@H]1[C@H](O)[C@@H](C)/C=C/C=C/C=C/C=C/C=C/C=C/C=C/[C@H](O[C@@H]2O[C@H](C)[C@@H](O)[C@H](N)[C@H]2O)C[C@@H]2O[C@](O)(C[C@@H](O)C[C@@H](O)[C@H](O)CC[C@@H](O)C[C@@H](O)CC(=O)O[C@H]1C)C[C@H](O)[C@H]2C(=O)NCC(F)(F)F. The van der Waals surface area contributed by atoms with Gasteiger partial charge in [0.1, 0.15) is 18.8 Å². The number of amides is 1. The highest BCUT2D eigenvalue weighted by atomic mass is 19.4. The van der Waals surface area contributed by atoms with Gasteiger partial charge in [-0.3, -0.25) is 9.59 Å². The number of cyclic esters (lactones) is 1. The monoisotopic (exact) mass is 1000 g/mol. The number of alkyl halides is 3. The zero-order valence-corrected chi connectivity index (χ0v) is 40.0. The van der Waals surface area contributed by atoms with Crippen molar-refractivity contribution in [3.05, 3.63) is 85.1 Å². The summed E-state index contributed by atoms with van der Waals surface area (Å²) in [6.07, 6.45) is -4.09. The Bertz CT molecular complexity index is 1810. The van der Waals surface area contributed by atoms with E-state index in [1.54, 1.807) is 92.1 Å². The van der Waals surface area contributed by atoms with Crippen LogP contribution in [0.25, 0.3) is 0 Å². The molecule has 21 heteroatoms. The fourth-order valence-corrected chi connectivity index (χ4v) is 8.29. The number of nitrogens with two attached hydrogens (primary N) is 1. The number of aliphatic hydroxyl groups is 10. The number of nitrogens with one attached hydrogen (secondary N) is 1. The molecule has 19 atom stereocenters. The summed E-state index contributed by atoms with van der Waals surface area (Å²) in [7, 11) is 0. The highest BCUT2D eigenvalue weighted by Crippen LogP contribution is 2.38. The fraction of sp³-hybridized carbons (Fsp3) is 0.673. The molecular formula is C49H75F3N2O16. The molecule has 3 rings (SSSR count). The Balaban J connectivity index is 1.94. The number of aliphatic hydroxyl groups excluding tert-OH is 9. The molecule has 2 saturated heterocycles. The van der Waals surface area contributed by atoms with Crippen molar-refractivity contribution in [1.82, 2.24) is 5.32 Å². The number of halogens is 3. The maximum Gasteiger partial charge on any atom is 0.405 e. The minimum atomic E-state index is -4.84. The first kappa shape index (κ1) is 60.7. The number of carbonyl (C=O) groups excluding carboxylic acids is 2. The number of hydrogen-bond acceptors (Lipinski definition) is 17. The predicted octanol–water partition coefficient (Wildman–Crippen LogP) is 1.31. The number of hydrogen-bond donors (Lipinski definition) is 12. The number of ether oxygens (including phenoxy) is 4. The number of rotatable bonds is 4. The van der Waals surface area contributed by atoms with Gasteiger partial charge in [-0.05, 0) is 33.1 Å². The van der Waals surface area contributed by atoms with E-state index in [0.29, 0.717) is 0 Å². The van der Waals surface area contributed by atoms with E-state index in [-0.39, 0.29) is 25.2 Å². The van der Waals surface area contributed by atoms with Crippen LogP contribution in [-0.4, -0.2) is 173 Å². The van der Waals surface area contributed by atoms with Crippen LogP contribution in [0.15, 0.2) is 85.1 Å². The van der Waals surface area contributed by atoms with Crippen LogP contribution in [0.5, 0.6) is 0 Å². The Morgan fingerprint density at radius 1 is 0.714 bits per heavy atom. The van der Waals surface area contributed by atoms with Gasteiger partial charge in [-0.15, -0.1) is 0 Å². The summed E-state index contributed by atoms with van der Waals surface area (Å²) in [6, 6.07) is -1.23. The lowest BCUT2D eigenvalue weighted by Gasteiger charge is -2.46. The molecule has 18 nitrogen and oxygen atoms in total. The molecule has 0 saturated carbocycles. The normalized spacial score (nSPS) is 43.3. The molecule has 0 radical (unpaired) electrons. The fourth-order valence-electron chi connectivity index (χ4n) is 8.29. The Kier molecular flexibility index (Phi) is 25.3. The number of allylic oxidation sites excluding steroid dienone is 12. The zero-order valence-electron chi connectivity index (χ0n) is 40.0. The van der Waals surface area contributed by atoms with Gasteiger partial charge in [0, 0.05) is 37.5 Å². The molecule has 3 heterocycles. The molecule has 0 aromatic carbocycles. The van der Waals surface area contributed by atoms with Gasteiger partial charge in [-0.25, -0.2) is 0 Å². The smallest absolute Gasteiger partial charge is 0.405 e. The van der Waals surface area contributed by atoms with Crippen LogP contribution < -0.4 is 11.1 Å². The second-order valence-electron chi connectivity index (χ2n) is 18.6. The van der Waals surface area contributed by atoms with Crippen molar-refractivity contribution in [2.24, 2.45) is 23.5 Å². The third kappa shape index (κ3) is 20.8. The summed E-state index contributed by atoms with van der Waals surface area (Å²) in [5, 5.41) is 111. The van der Waals surface area contributed by atoms with Gasteiger partial charge in [0.2, 0.25) is 5.91 Å². The molecule has 0 unspecified atom stereocenters. The van der Waals surface area contributed by atoms with Crippen LogP contribution in [0.4, 0.5) is 13.2 Å². The van der Waals surface area contributed by atoms with E-state index < -0.39 is 166 Å². The Morgan fingerprint density at radius 2 is 1.29 bits per heavy atom. The molecule has 1 amide bonds. The first-order chi connectivity index (χ1) is 32.8. The Labute approximate surface area is 407 Å². The van der Waals surface area contributed by atoms with Crippen molar-refractivity contribution in [3.63, 3.8) is 0 Å². The van der Waals surface area contributed by atoms with E-state index in [4.69, 9.17) is 24.7 Å². The molecule has 13 N–H and O–H groups in total. The van der Waals surface area contributed by atoms with Gasteiger partial charge < -0.3 is 81.1 Å². The van der Waals surface area contributed by atoms with Gasteiger partial charge >= 0.3 is 12.1 Å². The van der Waals surface area contributed by atoms with Crippen molar-refractivity contribution >= 4 is 11.9 Å². The van der Waals surface area contributed by atoms with E-state index in [0.717, 1.165) is 0 Å². The van der Waals surface area contributed by atoms with E-state index >= 15 is 0 Å². The van der Waals surface area contributed by atoms with Crippen LogP contribution in [0.3, 0.4) is 0 Å². The van der Waals surface area contributed by atoms with Crippen molar-refractivity contribution in [3.8, 4) is 0 Å². The molecule has 398 valence electrons. The lowest BCUT2D eigenvalue weighted by atomic mass is 9.82. The average molecular weight is 1010 g/mol. The van der Waals surface area contributed by atoms with Crippen LogP contribution in [0.1, 0.15) is 79.1 Å². The zero-order chi connectivity index (χ0) is 52.3. The Hall–Kier alpha value is -3.65. The molecule has 3 aliphatic heterocycles. The number of esters is 1. The number of carbonyl (C=O) groups is 2. The first-order valence-electron chi connectivity index (χ1n) is 23.6. The summed E-state index contributed by atoms with van der Waals surface area (Å²) < 4.78 is 62.9. The highest BCUT2D eigenvalue weighted by molar-refractivity contribution is 5.80. The summed E-state index contributed by atoms with van der Waals surface area (Å²) in [5.41, 5.74) is 6.02. The minimum Gasteiger partial charge on any atom is -0.462 e. The second-order valence-corrected chi connectivity index (χ2v) is 18.6. The van der Waals surface area contributed by atoms with Crippen LogP contribution >= 0.6 is 0 Å². The third-order valence-corrected chi connectivity index (χ3v) is 12.5. The Morgan fingerprint density at radius 3 is 1.87 bits per heavy atom. The molecule has 0 aromatic rings. The van der Waals surface area contributed by atoms with Crippen molar-refractivity contribution in [2.75, 3.05) is 6.54 Å². The average Bonchev–Trinajstić information content (AvgIpc) is 3.26. The van der Waals surface area contributed by atoms with Crippen LogP contribution in [0.2, 0.25) is 0 Å². The van der Waals surface area contributed by atoms with Crippen molar-refractivity contribution < 1.29 is 92.8 Å². The molecule has 3 aliphatic rings. The standard InChI is InChI=1S/C49H75F3N2O16/c1-28-17-15-13-11-9-7-5-6-8-10-12-14-16-18-35(69-47-45(64)42(53)44(63)31(4)68-47)24-39-41(46(65)54-27-49(50,51)52)38(60)26-48(66,70-39)25-34(57)22-37(59)36(58)20-19-32(55)21-33(56)23-40(61)67-30(3)29(2)43(28)62/h5-18,28-39,41-45,47,55-60,62-64,66H,19-27,53H2,1-4H3,(H,54,65)/b6-5+,9-7+,10-8+,13-11+,14-12+,17-15+,18-16+/t28-,29-,30-,31+,32+,33+,34-,35-,36+,37+,38-,39-,41+,42-,43+,44+,45+,47-,48+/m0/s1. The molecule has 0 spiro atoms.